The van der Waals surface area contributed by atoms with Crippen LogP contribution in [0.4, 0.5) is 0 Å². The molecule has 2 N–H and O–H groups in total. The van der Waals surface area contributed by atoms with Gasteiger partial charge < -0.3 is 15.5 Å². The Labute approximate surface area is 293 Å². The van der Waals surface area contributed by atoms with Crippen LogP contribution in [0, 0.1) is 0 Å². The molecular weight excluding hydrogens is 621 g/mol. The highest BCUT2D eigenvalue weighted by Gasteiger charge is 2.11. The number of aromatic nitrogens is 1. The lowest BCUT2D eigenvalue weighted by Gasteiger charge is -2.13. The minimum absolute atomic E-state index is 0.0267. The first-order valence-corrected chi connectivity index (χ1v) is 20.0. The second kappa shape index (κ2) is 29.3. The molecule has 2 amide bonds. The Balaban J connectivity index is 1.35. The zero-order valence-electron chi connectivity index (χ0n) is 28.6. The van der Waals surface area contributed by atoms with Crippen molar-refractivity contribution in [3.05, 3.63) is 96.4 Å². The number of nitrogens with zero attached hydrogens (tertiary/aromatic N) is 2. The zero-order valence-corrected chi connectivity index (χ0v) is 30.3. The van der Waals surface area contributed by atoms with Crippen molar-refractivity contribution in [2.45, 2.75) is 84.0 Å². The molecule has 2 heterocycles. The lowest BCUT2D eigenvalue weighted by molar-refractivity contribution is -0.121. The van der Waals surface area contributed by atoms with Crippen LogP contribution in [0.25, 0.3) is 6.08 Å². The van der Waals surface area contributed by atoms with Crippen molar-refractivity contribution in [3.8, 4) is 0 Å². The van der Waals surface area contributed by atoms with Gasteiger partial charge in [-0.3, -0.25) is 14.6 Å². The van der Waals surface area contributed by atoms with Crippen LogP contribution >= 0.6 is 21.6 Å². The number of carbonyl (C=O) groups is 2. The summed E-state index contributed by atoms with van der Waals surface area (Å²) >= 11 is 0. The summed E-state index contributed by atoms with van der Waals surface area (Å²) in [6.07, 6.45) is 39.1. The van der Waals surface area contributed by atoms with Gasteiger partial charge in [-0.25, -0.2) is 0 Å². The lowest BCUT2D eigenvalue weighted by atomic mass is 10.2. The van der Waals surface area contributed by atoms with E-state index in [4.69, 9.17) is 0 Å². The molecule has 1 aliphatic rings. The normalized spacial score (nSPS) is 14.3. The maximum Gasteiger partial charge on any atom is 0.223 e. The minimum atomic E-state index is 0.0267. The maximum absolute atomic E-state index is 12.1. The Morgan fingerprint density at radius 3 is 1.98 bits per heavy atom. The molecule has 0 spiro atoms. The van der Waals surface area contributed by atoms with Gasteiger partial charge >= 0.3 is 0 Å². The number of carbonyl (C=O) groups excluding carboxylic acids is 2. The monoisotopic (exact) mass is 678 g/mol. The molecule has 6 nitrogen and oxygen atoms in total. The van der Waals surface area contributed by atoms with Gasteiger partial charge in [0.1, 0.15) is 0 Å². The van der Waals surface area contributed by atoms with Crippen molar-refractivity contribution in [2.75, 3.05) is 44.2 Å². The number of hydrogen-bond acceptors (Lipinski definition) is 6. The molecule has 47 heavy (non-hydrogen) atoms. The van der Waals surface area contributed by atoms with Crippen LogP contribution in [0.2, 0.25) is 0 Å². The molecule has 1 saturated heterocycles. The number of allylic oxidation sites excluding steroid dienone is 10. The summed E-state index contributed by atoms with van der Waals surface area (Å²) in [5, 5.41) is 5.96. The summed E-state index contributed by atoms with van der Waals surface area (Å²) in [6.45, 7) is 6.98. The van der Waals surface area contributed by atoms with Gasteiger partial charge in [0.05, 0.1) is 0 Å². The molecule has 0 unspecified atom stereocenters. The molecule has 0 aromatic carbocycles. The molecule has 2 rings (SSSR count). The number of amides is 2. The van der Waals surface area contributed by atoms with Crippen LogP contribution in [0.3, 0.4) is 0 Å². The van der Waals surface area contributed by atoms with Crippen molar-refractivity contribution in [3.63, 3.8) is 0 Å². The van der Waals surface area contributed by atoms with Gasteiger partial charge in [0.25, 0.3) is 0 Å². The van der Waals surface area contributed by atoms with E-state index in [1.807, 2.05) is 18.3 Å². The molecule has 0 aliphatic carbocycles. The summed E-state index contributed by atoms with van der Waals surface area (Å²) in [5.74, 6) is 1.84. The number of nitrogens with one attached hydrogen (secondary N) is 2. The summed E-state index contributed by atoms with van der Waals surface area (Å²) in [6, 6.07) is 4.16. The highest BCUT2D eigenvalue weighted by Crippen LogP contribution is 2.19. The highest BCUT2D eigenvalue weighted by atomic mass is 33.1. The Kier molecular flexibility index (Phi) is 25.2. The van der Waals surface area contributed by atoms with Crippen LogP contribution < -0.4 is 10.6 Å². The van der Waals surface area contributed by atoms with E-state index in [0.717, 1.165) is 80.7 Å². The Hall–Kier alpha value is -2.81. The van der Waals surface area contributed by atoms with E-state index in [-0.39, 0.29) is 11.8 Å². The molecule has 258 valence electrons. The number of rotatable bonds is 26. The lowest BCUT2D eigenvalue weighted by Crippen LogP contribution is -2.25. The average Bonchev–Trinajstić information content (AvgIpc) is 3.61. The van der Waals surface area contributed by atoms with Gasteiger partial charge in [-0.1, -0.05) is 107 Å². The van der Waals surface area contributed by atoms with Crippen LogP contribution in [0.15, 0.2) is 85.2 Å². The van der Waals surface area contributed by atoms with Gasteiger partial charge in [-0.05, 0) is 82.5 Å². The number of pyridine rings is 1. The third kappa shape index (κ3) is 24.1. The van der Waals surface area contributed by atoms with Crippen molar-refractivity contribution in [2.24, 2.45) is 0 Å². The number of likely N-dealkylation sites (tertiary alicyclic amines) is 1. The topological polar surface area (TPSA) is 74.3 Å². The first kappa shape index (κ1) is 40.4. The molecule has 1 aromatic rings. The van der Waals surface area contributed by atoms with Crippen molar-refractivity contribution in [1.82, 2.24) is 20.5 Å². The Bertz CT molecular complexity index is 1140. The summed E-state index contributed by atoms with van der Waals surface area (Å²) < 4.78 is 0. The minimum Gasteiger partial charge on any atom is -0.355 e. The second-order valence-corrected chi connectivity index (χ2v) is 14.1. The molecule has 0 atom stereocenters. The molecule has 1 aliphatic heterocycles. The third-order valence-corrected chi connectivity index (χ3v) is 9.78. The van der Waals surface area contributed by atoms with E-state index in [1.165, 1.54) is 25.9 Å². The van der Waals surface area contributed by atoms with Crippen LogP contribution in [0.1, 0.15) is 88.8 Å². The largest absolute Gasteiger partial charge is 0.355 e. The van der Waals surface area contributed by atoms with E-state index in [2.05, 4.69) is 100 Å². The maximum atomic E-state index is 12.1. The molecule has 0 saturated carbocycles. The van der Waals surface area contributed by atoms with Gasteiger partial charge in [0, 0.05) is 62.3 Å². The third-order valence-electron chi connectivity index (χ3n) is 7.37. The van der Waals surface area contributed by atoms with E-state index >= 15 is 0 Å². The zero-order chi connectivity index (χ0) is 33.5. The smallest absolute Gasteiger partial charge is 0.223 e. The van der Waals surface area contributed by atoms with Crippen LogP contribution in [0.5, 0.6) is 0 Å². The summed E-state index contributed by atoms with van der Waals surface area (Å²) in [7, 11) is 3.44. The molecule has 1 fully saturated rings. The van der Waals surface area contributed by atoms with Crippen LogP contribution in [-0.4, -0.2) is 65.9 Å². The highest BCUT2D eigenvalue weighted by molar-refractivity contribution is 8.76. The quantitative estimate of drug-likeness (QED) is 0.0581. The second-order valence-electron chi connectivity index (χ2n) is 11.4. The van der Waals surface area contributed by atoms with Crippen molar-refractivity contribution >= 4 is 39.5 Å². The first-order chi connectivity index (χ1) is 23.2. The molecular formula is C39H58N4O2S2. The summed E-state index contributed by atoms with van der Waals surface area (Å²) in [4.78, 5) is 31.2. The first-order valence-electron chi connectivity index (χ1n) is 17.5. The fraction of sp³-hybridized carbons (Fsp3) is 0.513. The fourth-order valence-electron chi connectivity index (χ4n) is 4.76. The standard InChI is InChI=1S/C39H58N4O2S2/c1-2-3-4-5-6-7-8-9-10-11-12-13-14-15-16-17-18-23-38(44)40-28-33-46-47-34-29-41-39(45)24-21-22-36-25-26-37(42-35-36)27-32-43-30-19-20-31-43/h3-4,6-7,9-10,12-13,15-16,21-22,25-26,35H,2,5,8,11,14,17-20,23-24,27-34H2,1H3,(H,40,44)(H,41,45). The van der Waals surface area contributed by atoms with Crippen molar-refractivity contribution in [1.29, 1.82) is 0 Å². The van der Waals surface area contributed by atoms with E-state index in [0.29, 0.717) is 25.9 Å². The summed E-state index contributed by atoms with van der Waals surface area (Å²) in [5.41, 5.74) is 2.14. The van der Waals surface area contributed by atoms with Gasteiger partial charge in [-0.15, -0.1) is 0 Å². The predicted molar refractivity (Wildman–Crippen MR) is 207 cm³/mol. The predicted octanol–water partition coefficient (Wildman–Crippen LogP) is 8.66. The van der Waals surface area contributed by atoms with E-state index in [1.54, 1.807) is 21.6 Å². The van der Waals surface area contributed by atoms with Crippen LogP contribution in [-0.2, 0) is 16.0 Å². The van der Waals surface area contributed by atoms with E-state index in [9.17, 15) is 9.59 Å². The van der Waals surface area contributed by atoms with Crippen molar-refractivity contribution < 1.29 is 9.59 Å². The molecule has 8 heteroatoms. The van der Waals surface area contributed by atoms with Gasteiger partial charge in [-0.2, -0.15) is 0 Å². The molecule has 0 bridgehead atoms. The Morgan fingerprint density at radius 1 is 0.787 bits per heavy atom. The van der Waals surface area contributed by atoms with Gasteiger partial charge in [0.2, 0.25) is 11.8 Å². The number of unbranched alkanes of at least 4 members (excludes halogenated alkanes) is 1. The molecule has 0 radical (unpaired) electrons. The Morgan fingerprint density at radius 2 is 1.38 bits per heavy atom. The van der Waals surface area contributed by atoms with E-state index < -0.39 is 0 Å². The number of hydrogen-bond donors (Lipinski definition) is 2. The molecule has 1 aromatic heterocycles. The fourth-order valence-corrected chi connectivity index (χ4v) is 6.57. The SMILES string of the molecule is CCC=CCC=CCC=CCC=CCC=CCCCC(=O)NCCSSCCNC(=O)CC=Cc1ccc(CCN2CCCC2)nc1. The van der Waals surface area contributed by atoms with Gasteiger partial charge in [0.15, 0.2) is 0 Å². The average molecular weight is 679 g/mol.